The summed E-state index contributed by atoms with van der Waals surface area (Å²) in [4.78, 5) is 19.0. The lowest BCUT2D eigenvalue weighted by Crippen LogP contribution is -2.49. The van der Waals surface area contributed by atoms with Gasteiger partial charge < -0.3 is 19.9 Å². The maximum Gasteiger partial charge on any atom is 0.318 e. The highest BCUT2D eigenvalue weighted by Crippen LogP contribution is 2.39. The third-order valence-electron chi connectivity index (χ3n) is 6.82. The van der Waals surface area contributed by atoms with Gasteiger partial charge in [0.2, 0.25) is 0 Å². The summed E-state index contributed by atoms with van der Waals surface area (Å²) in [6.07, 6.45) is 10.6. The molecule has 1 saturated carbocycles. The fourth-order valence-electron chi connectivity index (χ4n) is 5.16. The Kier molecular flexibility index (Phi) is 5.34. The zero-order valence-electron chi connectivity index (χ0n) is 18.4. The quantitative estimate of drug-likeness (QED) is 0.656. The summed E-state index contributed by atoms with van der Waals surface area (Å²) in [7, 11) is 1.69. The van der Waals surface area contributed by atoms with Crippen LogP contribution >= 0.6 is 0 Å². The number of hydrogen-bond donors (Lipinski definition) is 2. The molecule has 3 aromatic rings. The molecule has 2 amide bonds. The summed E-state index contributed by atoms with van der Waals surface area (Å²) in [5.74, 6) is 0.849. The lowest BCUT2D eigenvalue weighted by Gasteiger charge is -2.37. The third-order valence-corrected chi connectivity index (χ3v) is 6.82. The number of carbonyl (C=O) groups excluding carboxylic acids is 1. The molecule has 2 N–H and O–H groups in total. The summed E-state index contributed by atoms with van der Waals surface area (Å²) in [5, 5.41) is 8.99. The molecule has 0 saturated heterocycles. The average molecular weight is 422 g/mol. The van der Waals surface area contributed by atoms with E-state index in [1.807, 2.05) is 21.8 Å². The van der Waals surface area contributed by atoms with E-state index >= 15 is 0 Å². The van der Waals surface area contributed by atoms with Gasteiger partial charge in [-0.1, -0.05) is 19.3 Å². The molecule has 31 heavy (non-hydrogen) atoms. The highest BCUT2D eigenvalue weighted by molar-refractivity contribution is 5.87. The molecule has 1 fully saturated rings. The molecule has 5 rings (SSSR count). The van der Waals surface area contributed by atoms with Crippen molar-refractivity contribution >= 4 is 16.9 Å². The normalized spacial score (nSPS) is 19.4. The van der Waals surface area contributed by atoms with Gasteiger partial charge in [-0.25, -0.2) is 4.79 Å². The summed E-state index contributed by atoms with van der Waals surface area (Å²) >= 11 is 0. The van der Waals surface area contributed by atoms with Crippen LogP contribution in [-0.4, -0.2) is 45.4 Å². The van der Waals surface area contributed by atoms with Gasteiger partial charge in [0, 0.05) is 47.5 Å². The number of benzene rings is 1. The van der Waals surface area contributed by atoms with Gasteiger partial charge in [0.25, 0.3) is 0 Å². The molecular weight excluding hydrogens is 390 g/mol. The summed E-state index contributed by atoms with van der Waals surface area (Å²) in [6.45, 7) is 3.56. The van der Waals surface area contributed by atoms with Crippen LogP contribution in [0.1, 0.15) is 61.9 Å². The van der Waals surface area contributed by atoms with E-state index in [2.05, 4.69) is 40.7 Å². The third kappa shape index (κ3) is 3.66. The summed E-state index contributed by atoms with van der Waals surface area (Å²) in [5.41, 5.74) is 4.47. The predicted octanol–water partition coefficient (Wildman–Crippen LogP) is 4.38. The number of amides is 2. The Balaban J connectivity index is 1.54. The maximum absolute atomic E-state index is 13.4. The number of H-pyrrole nitrogens is 1. The second kappa shape index (κ2) is 8.29. The van der Waals surface area contributed by atoms with Crippen LogP contribution < -0.4 is 10.1 Å². The van der Waals surface area contributed by atoms with Crippen LogP contribution in [0.15, 0.2) is 30.6 Å². The van der Waals surface area contributed by atoms with Crippen LogP contribution in [0.5, 0.6) is 5.75 Å². The molecule has 7 nitrogen and oxygen atoms in total. The number of urea groups is 1. The van der Waals surface area contributed by atoms with Gasteiger partial charge in [0.15, 0.2) is 0 Å². The molecule has 1 aromatic carbocycles. The van der Waals surface area contributed by atoms with Crippen molar-refractivity contribution in [1.82, 2.24) is 25.0 Å². The number of fused-ring (bicyclic) bond motifs is 3. The number of nitrogens with one attached hydrogen (secondary N) is 2. The van der Waals surface area contributed by atoms with Crippen LogP contribution in [0.4, 0.5) is 4.79 Å². The number of rotatable bonds is 4. The van der Waals surface area contributed by atoms with Crippen molar-refractivity contribution in [3.05, 3.63) is 47.4 Å². The molecule has 1 unspecified atom stereocenters. The number of carbonyl (C=O) groups is 1. The number of aromatic nitrogens is 3. The second-order valence-electron chi connectivity index (χ2n) is 8.69. The predicted molar refractivity (Wildman–Crippen MR) is 120 cm³/mol. The molecule has 1 atom stereocenters. The van der Waals surface area contributed by atoms with Crippen molar-refractivity contribution in [2.45, 2.75) is 64.1 Å². The first-order chi connectivity index (χ1) is 15.2. The van der Waals surface area contributed by atoms with Gasteiger partial charge in [0.05, 0.1) is 13.3 Å². The molecule has 3 heterocycles. The van der Waals surface area contributed by atoms with E-state index < -0.39 is 0 Å². The number of hydrogen-bond acceptors (Lipinski definition) is 3. The van der Waals surface area contributed by atoms with Gasteiger partial charge in [-0.05, 0) is 49.9 Å². The lowest BCUT2D eigenvalue weighted by atomic mass is 9.93. The Labute approximate surface area is 182 Å². The van der Waals surface area contributed by atoms with Gasteiger partial charge in [-0.3, -0.25) is 4.68 Å². The topological polar surface area (TPSA) is 75.2 Å². The van der Waals surface area contributed by atoms with Gasteiger partial charge in [0.1, 0.15) is 11.8 Å². The fraction of sp³-hybridized carbons (Fsp3) is 0.500. The molecule has 2 aliphatic rings. The standard InChI is InChI=1S/C24H31N5O2/c1-3-28-15-16(14-25-28)23-22-19(20-13-18(31-2)9-10-21(20)27-22)11-12-29(23)24(30)26-17-7-5-4-6-8-17/h9-10,13-15,17,23,27H,3-8,11-12H2,1-2H3,(H,26,30). The number of ether oxygens (including phenoxy) is 1. The zero-order chi connectivity index (χ0) is 21.4. The SMILES string of the molecule is CCn1cc(C2c3[nH]c4ccc(OC)cc4c3CCN2C(=O)NC2CCCCC2)cn1. The second-order valence-corrected chi connectivity index (χ2v) is 8.69. The van der Waals surface area contributed by atoms with Crippen molar-refractivity contribution in [3.8, 4) is 5.75 Å². The molecule has 7 heteroatoms. The largest absolute Gasteiger partial charge is 0.497 e. The van der Waals surface area contributed by atoms with E-state index in [-0.39, 0.29) is 18.1 Å². The molecule has 164 valence electrons. The molecular formula is C24H31N5O2. The molecule has 2 aromatic heterocycles. The van der Waals surface area contributed by atoms with Crippen molar-refractivity contribution in [3.63, 3.8) is 0 Å². The zero-order valence-corrected chi connectivity index (χ0v) is 18.4. The van der Waals surface area contributed by atoms with E-state index in [0.29, 0.717) is 6.54 Å². The van der Waals surface area contributed by atoms with Crippen molar-refractivity contribution in [2.24, 2.45) is 0 Å². The van der Waals surface area contributed by atoms with Crippen molar-refractivity contribution in [1.29, 1.82) is 0 Å². The minimum absolute atomic E-state index is 0.0306. The van der Waals surface area contributed by atoms with E-state index in [4.69, 9.17) is 4.74 Å². The van der Waals surface area contributed by atoms with Gasteiger partial charge in [-0.15, -0.1) is 0 Å². The first-order valence-corrected chi connectivity index (χ1v) is 11.5. The Hall–Kier alpha value is -2.96. The molecule has 0 radical (unpaired) electrons. The number of nitrogens with zero attached hydrogens (tertiary/aromatic N) is 3. The van der Waals surface area contributed by atoms with E-state index in [1.54, 1.807) is 7.11 Å². The minimum Gasteiger partial charge on any atom is -0.497 e. The lowest BCUT2D eigenvalue weighted by molar-refractivity contribution is 0.172. The minimum atomic E-state index is -0.175. The van der Waals surface area contributed by atoms with Crippen LogP contribution in [0, 0.1) is 0 Å². The molecule has 1 aliphatic heterocycles. The average Bonchev–Trinajstić information content (AvgIpc) is 3.43. The van der Waals surface area contributed by atoms with Gasteiger partial charge in [-0.2, -0.15) is 5.10 Å². The highest BCUT2D eigenvalue weighted by Gasteiger charge is 2.36. The van der Waals surface area contributed by atoms with Crippen LogP contribution in [0.25, 0.3) is 10.9 Å². The fourth-order valence-corrected chi connectivity index (χ4v) is 5.16. The van der Waals surface area contributed by atoms with E-state index in [9.17, 15) is 4.79 Å². The number of methoxy groups -OCH3 is 1. The Morgan fingerprint density at radius 3 is 2.87 bits per heavy atom. The molecule has 1 aliphatic carbocycles. The van der Waals surface area contributed by atoms with Crippen LogP contribution in [0.3, 0.4) is 0 Å². The summed E-state index contributed by atoms with van der Waals surface area (Å²) in [6, 6.07) is 6.27. The highest BCUT2D eigenvalue weighted by atomic mass is 16.5. The Bertz CT molecular complexity index is 1080. The first-order valence-electron chi connectivity index (χ1n) is 11.5. The monoisotopic (exact) mass is 421 g/mol. The summed E-state index contributed by atoms with van der Waals surface area (Å²) < 4.78 is 7.38. The molecule has 0 spiro atoms. The number of aryl methyl sites for hydroxylation is 1. The Morgan fingerprint density at radius 1 is 1.29 bits per heavy atom. The number of aromatic amines is 1. The van der Waals surface area contributed by atoms with Crippen LogP contribution in [-0.2, 0) is 13.0 Å². The van der Waals surface area contributed by atoms with Gasteiger partial charge >= 0.3 is 6.03 Å². The molecule has 0 bridgehead atoms. The Morgan fingerprint density at radius 2 is 2.13 bits per heavy atom. The first kappa shape index (κ1) is 20.0. The van der Waals surface area contributed by atoms with Crippen LogP contribution in [0.2, 0.25) is 0 Å². The van der Waals surface area contributed by atoms with Crippen molar-refractivity contribution in [2.75, 3.05) is 13.7 Å². The van der Waals surface area contributed by atoms with E-state index in [0.717, 1.165) is 48.3 Å². The van der Waals surface area contributed by atoms with Crippen molar-refractivity contribution < 1.29 is 9.53 Å². The van der Waals surface area contributed by atoms with E-state index in [1.165, 1.54) is 30.2 Å². The smallest absolute Gasteiger partial charge is 0.318 e. The maximum atomic E-state index is 13.4.